The molecule has 0 aliphatic carbocycles. The molecule has 0 rings (SSSR count). The minimum absolute atomic E-state index is 0.594. The van der Waals surface area contributed by atoms with E-state index in [1.54, 1.807) is 0 Å². The summed E-state index contributed by atoms with van der Waals surface area (Å²) in [4.78, 5) is 21.2. The Morgan fingerprint density at radius 2 is 1.44 bits per heavy atom. The SMILES string of the molecule is C=CC(=O)OP(OC(=O)C=C)OC(F)(F)F. The molecule has 0 saturated heterocycles. The van der Waals surface area contributed by atoms with Gasteiger partial charge in [-0.1, -0.05) is 13.2 Å². The molecule has 16 heavy (non-hydrogen) atoms. The fraction of sp³-hybridized carbons (Fsp3) is 0.143. The van der Waals surface area contributed by atoms with Crippen LogP contribution in [0.1, 0.15) is 0 Å². The fourth-order valence-electron chi connectivity index (χ4n) is 0.362. The third kappa shape index (κ3) is 6.97. The van der Waals surface area contributed by atoms with Crippen molar-refractivity contribution in [2.24, 2.45) is 0 Å². The molecular formula is C7H6F3O5P. The maximum atomic E-state index is 11.8. The lowest BCUT2D eigenvalue weighted by atomic mass is 10.7. The molecule has 0 aromatic carbocycles. The van der Waals surface area contributed by atoms with Crippen LogP contribution in [0.2, 0.25) is 0 Å². The quantitative estimate of drug-likeness (QED) is 0.558. The van der Waals surface area contributed by atoms with Crippen molar-refractivity contribution in [1.82, 2.24) is 0 Å². The van der Waals surface area contributed by atoms with Crippen molar-refractivity contribution >= 4 is 20.5 Å². The van der Waals surface area contributed by atoms with Gasteiger partial charge in [0.2, 0.25) is 0 Å². The molecule has 0 aromatic rings. The van der Waals surface area contributed by atoms with Gasteiger partial charge in [-0.2, -0.15) is 4.52 Å². The van der Waals surface area contributed by atoms with Crippen molar-refractivity contribution in [1.29, 1.82) is 0 Å². The van der Waals surface area contributed by atoms with Crippen molar-refractivity contribution in [3.63, 3.8) is 0 Å². The molecule has 0 unspecified atom stereocenters. The Morgan fingerprint density at radius 3 is 1.69 bits per heavy atom. The second-order valence-corrected chi connectivity index (χ2v) is 2.98. The lowest BCUT2D eigenvalue weighted by molar-refractivity contribution is -0.278. The molecule has 0 aliphatic heterocycles. The molecule has 0 radical (unpaired) electrons. The summed E-state index contributed by atoms with van der Waals surface area (Å²) in [6, 6.07) is 0. The predicted molar refractivity (Wildman–Crippen MR) is 46.6 cm³/mol. The largest absolute Gasteiger partial charge is 0.530 e. The second kappa shape index (κ2) is 6.24. The van der Waals surface area contributed by atoms with E-state index in [0.717, 1.165) is 0 Å². The fourth-order valence-corrected chi connectivity index (χ4v) is 1.09. The summed E-state index contributed by atoms with van der Waals surface area (Å²) in [7, 11) is -3.21. The number of halogens is 3. The van der Waals surface area contributed by atoms with Gasteiger partial charge in [0.1, 0.15) is 0 Å². The Balaban J connectivity index is 4.49. The van der Waals surface area contributed by atoms with Crippen LogP contribution in [0.25, 0.3) is 0 Å². The first kappa shape index (κ1) is 14.6. The Labute approximate surface area is 89.5 Å². The van der Waals surface area contributed by atoms with E-state index < -0.39 is 26.9 Å². The van der Waals surface area contributed by atoms with Crippen LogP contribution in [0.3, 0.4) is 0 Å². The van der Waals surface area contributed by atoms with Crippen LogP contribution < -0.4 is 0 Å². The minimum atomic E-state index is -5.10. The zero-order chi connectivity index (χ0) is 12.8. The van der Waals surface area contributed by atoms with Crippen LogP contribution in [0.15, 0.2) is 25.3 Å². The maximum Gasteiger partial charge on any atom is 0.530 e. The maximum absolute atomic E-state index is 11.8. The average Bonchev–Trinajstić information content (AvgIpc) is 2.14. The summed E-state index contributed by atoms with van der Waals surface area (Å²) in [5.74, 6) is -2.43. The Bertz CT molecular complexity index is 279. The van der Waals surface area contributed by atoms with E-state index in [0.29, 0.717) is 12.2 Å². The van der Waals surface area contributed by atoms with Gasteiger partial charge < -0.3 is 9.05 Å². The summed E-state index contributed by atoms with van der Waals surface area (Å²) >= 11 is 0. The zero-order valence-corrected chi connectivity index (χ0v) is 8.59. The number of alkyl halides is 3. The minimum Gasteiger partial charge on any atom is -0.381 e. The van der Waals surface area contributed by atoms with Crippen LogP contribution in [0, 0.1) is 0 Å². The third-order valence-electron chi connectivity index (χ3n) is 0.840. The highest BCUT2D eigenvalue weighted by Crippen LogP contribution is 2.45. The van der Waals surface area contributed by atoms with Crippen LogP contribution in [-0.4, -0.2) is 18.3 Å². The summed E-state index contributed by atoms with van der Waals surface area (Å²) in [6.07, 6.45) is -3.91. The van der Waals surface area contributed by atoms with Crippen LogP contribution in [0.5, 0.6) is 0 Å². The van der Waals surface area contributed by atoms with Gasteiger partial charge in [-0.15, -0.1) is 13.2 Å². The Morgan fingerprint density at radius 1 is 1.06 bits per heavy atom. The summed E-state index contributed by atoms with van der Waals surface area (Å²) in [6.45, 7) is 5.90. The molecule has 90 valence electrons. The molecule has 9 heteroatoms. The molecule has 0 aliphatic rings. The Kier molecular flexibility index (Phi) is 5.69. The predicted octanol–water partition coefficient (Wildman–Crippen LogP) is 2.21. The summed E-state index contributed by atoms with van der Waals surface area (Å²) in [5.41, 5.74) is 0. The van der Waals surface area contributed by atoms with Crippen LogP contribution >= 0.6 is 8.60 Å². The topological polar surface area (TPSA) is 61.8 Å². The molecular weight excluding hydrogens is 252 g/mol. The van der Waals surface area contributed by atoms with Crippen molar-refractivity contribution < 1.29 is 36.3 Å². The molecule has 0 fully saturated rings. The zero-order valence-electron chi connectivity index (χ0n) is 7.69. The van der Waals surface area contributed by atoms with Gasteiger partial charge in [-0.25, -0.2) is 9.59 Å². The second-order valence-electron chi connectivity index (χ2n) is 1.99. The molecule has 0 saturated carbocycles. The van der Waals surface area contributed by atoms with Gasteiger partial charge in [0.25, 0.3) is 0 Å². The highest BCUT2D eigenvalue weighted by molar-refractivity contribution is 7.43. The van der Waals surface area contributed by atoms with Gasteiger partial charge in [0, 0.05) is 12.2 Å². The summed E-state index contributed by atoms with van der Waals surface area (Å²) < 4.78 is 46.6. The molecule has 0 atom stereocenters. The van der Waals surface area contributed by atoms with Gasteiger partial charge in [-0.3, -0.25) is 0 Å². The van der Waals surface area contributed by atoms with Crippen LogP contribution in [0.4, 0.5) is 13.2 Å². The highest BCUT2D eigenvalue weighted by atomic mass is 31.2. The number of hydrogen-bond donors (Lipinski definition) is 0. The average molecular weight is 258 g/mol. The third-order valence-corrected chi connectivity index (χ3v) is 1.85. The van der Waals surface area contributed by atoms with Crippen molar-refractivity contribution in [2.75, 3.05) is 0 Å². The lowest BCUT2D eigenvalue weighted by Crippen LogP contribution is -2.14. The van der Waals surface area contributed by atoms with Gasteiger partial charge in [0.15, 0.2) is 0 Å². The summed E-state index contributed by atoms with van der Waals surface area (Å²) in [5, 5.41) is 0. The van der Waals surface area contributed by atoms with Gasteiger partial charge >= 0.3 is 26.9 Å². The number of carbonyl (C=O) groups is 2. The number of hydrogen-bond acceptors (Lipinski definition) is 5. The molecule has 0 amide bonds. The number of carbonyl (C=O) groups excluding carboxylic acids is 2. The Hall–Kier alpha value is -1.40. The monoisotopic (exact) mass is 258 g/mol. The van der Waals surface area contributed by atoms with Gasteiger partial charge in [-0.05, 0) is 0 Å². The van der Waals surface area contributed by atoms with Crippen molar-refractivity contribution in [2.45, 2.75) is 6.36 Å². The molecule has 5 nitrogen and oxygen atoms in total. The lowest BCUT2D eigenvalue weighted by Gasteiger charge is -2.14. The highest BCUT2D eigenvalue weighted by Gasteiger charge is 2.39. The molecule has 0 bridgehead atoms. The van der Waals surface area contributed by atoms with E-state index in [-0.39, 0.29) is 0 Å². The van der Waals surface area contributed by atoms with E-state index in [1.807, 2.05) is 0 Å². The van der Waals surface area contributed by atoms with Crippen molar-refractivity contribution in [3.05, 3.63) is 25.3 Å². The smallest absolute Gasteiger partial charge is 0.381 e. The normalized spacial score (nSPS) is 10.8. The first-order chi connectivity index (χ1) is 7.28. The van der Waals surface area contributed by atoms with Gasteiger partial charge in [0.05, 0.1) is 0 Å². The van der Waals surface area contributed by atoms with E-state index in [2.05, 4.69) is 26.7 Å². The standard InChI is InChI=1S/C7H6F3O5P/c1-3-5(11)13-16(14-6(12)4-2)15-7(8,9)10/h3-4H,1-2H2. The van der Waals surface area contributed by atoms with E-state index in [9.17, 15) is 22.8 Å². The molecule has 0 N–H and O–H groups in total. The first-order valence-electron chi connectivity index (χ1n) is 3.53. The first-order valence-corrected chi connectivity index (χ1v) is 4.62. The van der Waals surface area contributed by atoms with E-state index >= 15 is 0 Å². The molecule has 0 spiro atoms. The van der Waals surface area contributed by atoms with Crippen molar-refractivity contribution in [3.8, 4) is 0 Å². The number of rotatable bonds is 5. The van der Waals surface area contributed by atoms with Crippen LogP contribution in [-0.2, 0) is 23.2 Å². The molecule has 0 aromatic heterocycles. The molecule has 0 heterocycles. The van der Waals surface area contributed by atoms with E-state index in [4.69, 9.17) is 0 Å². The van der Waals surface area contributed by atoms with E-state index in [1.165, 1.54) is 0 Å².